The van der Waals surface area contributed by atoms with Crippen molar-refractivity contribution >= 4 is 22.0 Å². The van der Waals surface area contributed by atoms with Crippen molar-refractivity contribution in [3.8, 4) is 5.75 Å². The third kappa shape index (κ3) is 8.56. The Morgan fingerprint density at radius 1 is 1.24 bits per heavy atom. The number of carbonyl (C=O) groups excluding carboxylic acids is 1. The molecule has 0 aliphatic heterocycles. The van der Waals surface area contributed by atoms with Gasteiger partial charge in [0, 0.05) is 43.3 Å². The summed E-state index contributed by atoms with van der Waals surface area (Å²) >= 11 is 3.47. The number of nitrogens with zero attached hydrogens (tertiary/aromatic N) is 1. The van der Waals surface area contributed by atoms with Gasteiger partial charge in [0.15, 0.2) is 0 Å². The van der Waals surface area contributed by atoms with E-state index in [-0.39, 0.29) is 6.09 Å². The van der Waals surface area contributed by atoms with Crippen LogP contribution in [0.15, 0.2) is 22.7 Å². The second-order valence-corrected chi connectivity index (χ2v) is 7.51. The molecule has 1 N–H and O–H groups in total. The number of hydrogen-bond donors (Lipinski definition) is 1. The number of ether oxygens (including phenoxy) is 3. The summed E-state index contributed by atoms with van der Waals surface area (Å²) in [6, 6.07) is 5.88. The van der Waals surface area contributed by atoms with Crippen LogP contribution in [0.1, 0.15) is 26.3 Å². The Kier molecular flexibility index (Phi) is 9.24. The molecule has 0 unspecified atom stereocenters. The van der Waals surface area contributed by atoms with E-state index in [2.05, 4.69) is 21.2 Å². The summed E-state index contributed by atoms with van der Waals surface area (Å²) in [6.45, 7) is 8.36. The van der Waals surface area contributed by atoms with Crippen LogP contribution in [0, 0.1) is 0 Å². The third-order valence-electron chi connectivity index (χ3n) is 3.33. The smallest absolute Gasteiger partial charge is 0.410 e. The number of carbonyl (C=O) groups is 1. The highest BCUT2D eigenvalue weighted by Gasteiger charge is 2.21. The molecule has 0 spiro atoms. The molecule has 0 fully saturated rings. The summed E-state index contributed by atoms with van der Waals surface area (Å²) in [5.41, 5.74) is 0.539. The molecule has 7 heteroatoms. The number of rotatable bonds is 9. The average Bonchev–Trinajstić information content (AvgIpc) is 2.52. The van der Waals surface area contributed by atoms with Crippen molar-refractivity contribution in [3.05, 3.63) is 28.2 Å². The zero-order chi connectivity index (χ0) is 18.9. The van der Waals surface area contributed by atoms with Crippen molar-refractivity contribution in [1.82, 2.24) is 10.2 Å². The van der Waals surface area contributed by atoms with Gasteiger partial charge in [0.1, 0.15) is 11.4 Å². The van der Waals surface area contributed by atoms with Crippen LogP contribution in [-0.2, 0) is 16.0 Å². The van der Waals surface area contributed by atoms with E-state index in [9.17, 15) is 4.79 Å². The Hall–Kier alpha value is -1.31. The van der Waals surface area contributed by atoms with Crippen molar-refractivity contribution in [1.29, 1.82) is 0 Å². The molecule has 0 aliphatic carbocycles. The van der Waals surface area contributed by atoms with E-state index in [4.69, 9.17) is 14.2 Å². The molecule has 0 heterocycles. The van der Waals surface area contributed by atoms with E-state index in [0.717, 1.165) is 15.8 Å². The predicted octanol–water partition coefficient (Wildman–Crippen LogP) is 3.43. The summed E-state index contributed by atoms with van der Waals surface area (Å²) in [5.74, 6) is 0.832. The van der Waals surface area contributed by atoms with Crippen LogP contribution >= 0.6 is 15.9 Å². The minimum absolute atomic E-state index is 0.327. The highest BCUT2D eigenvalue weighted by atomic mass is 79.9. The average molecular weight is 417 g/mol. The largest absolute Gasteiger partial charge is 0.496 e. The molecule has 6 nitrogen and oxygen atoms in total. The van der Waals surface area contributed by atoms with Crippen LogP contribution in [0.3, 0.4) is 0 Å². The number of benzene rings is 1. The second kappa shape index (κ2) is 10.6. The molecule has 0 radical (unpaired) electrons. The van der Waals surface area contributed by atoms with Gasteiger partial charge in [-0.15, -0.1) is 0 Å². The second-order valence-electron chi connectivity index (χ2n) is 6.59. The quantitative estimate of drug-likeness (QED) is 0.624. The fourth-order valence-corrected chi connectivity index (χ4v) is 2.55. The minimum atomic E-state index is -0.514. The standard InChI is InChI=1S/C18H29BrN2O4/c1-18(2,3)25-17(22)21(10-11-23-4)9-8-20-13-14-12-15(19)6-7-16(14)24-5/h6-7,12,20H,8-11,13H2,1-5H3. The summed E-state index contributed by atoms with van der Waals surface area (Å²) in [4.78, 5) is 13.9. The molecule has 0 saturated carbocycles. The first-order chi connectivity index (χ1) is 11.8. The van der Waals surface area contributed by atoms with Crippen LogP contribution in [-0.4, -0.2) is 57.1 Å². The maximum Gasteiger partial charge on any atom is 0.410 e. The van der Waals surface area contributed by atoms with E-state index in [0.29, 0.717) is 32.8 Å². The van der Waals surface area contributed by atoms with Gasteiger partial charge in [-0.05, 0) is 39.0 Å². The molecule has 1 amide bonds. The van der Waals surface area contributed by atoms with Gasteiger partial charge in [0.05, 0.1) is 13.7 Å². The normalized spacial score (nSPS) is 11.3. The molecular weight excluding hydrogens is 388 g/mol. The van der Waals surface area contributed by atoms with Crippen molar-refractivity contribution in [2.75, 3.05) is 40.5 Å². The van der Waals surface area contributed by atoms with Gasteiger partial charge in [-0.25, -0.2) is 4.79 Å². The Bertz CT molecular complexity index is 546. The molecule has 0 atom stereocenters. The lowest BCUT2D eigenvalue weighted by Crippen LogP contribution is -2.42. The number of amides is 1. The molecular formula is C18H29BrN2O4. The Morgan fingerprint density at radius 3 is 2.56 bits per heavy atom. The number of hydrogen-bond acceptors (Lipinski definition) is 5. The van der Waals surface area contributed by atoms with E-state index >= 15 is 0 Å². The van der Waals surface area contributed by atoms with Gasteiger partial charge in [0.25, 0.3) is 0 Å². The van der Waals surface area contributed by atoms with Crippen molar-refractivity contribution in [2.24, 2.45) is 0 Å². The number of nitrogens with one attached hydrogen (secondary N) is 1. The van der Waals surface area contributed by atoms with Crippen LogP contribution in [0.2, 0.25) is 0 Å². The van der Waals surface area contributed by atoms with Gasteiger partial charge >= 0.3 is 6.09 Å². The molecule has 1 rings (SSSR count). The Morgan fingerprint density at radius 2 is 1.96 bits per heavy atom. The van der Waals surface area contributed by atoms with E-state index < -0.39 is 5.60 Å². The van der Waals surface area contributed by atoms with Crippen molar-refractivity contribution in [3.63, 3.8) is 0 Å². The van der Waals surface area contributed by atoms with Gasteiger partial charge in [-0.3, -0.25) is 0 Å². The van der Waals surface area contributed by atoms with Gasteiger partial charge in [-0.1, -0.05) is 15.9 Å². The van der Waals surface area contributed by atoms with Gasteiger partial charge < -0.3 is 24.4 Å². The minimum Gasteiger partial charge on any atom is -0.496 e. The summed E-state index contributed by atoms with van der Waals surface area (Å²) in [6.07, 6.45) is -0.327. The maximum atomic E-state index is 12.3. The Balaban J connectivity index is 2.54. The lowest BCUT2D eigenvalue weighted by Gasteiger charge is -2.27. The number of methoxy groups -OCH3 is 2. The van der Waals surface area contributed by atoms with Gasteiger partial charge in [0.2, 0.25) is 0 Å². The SMILES string of the molecule is COCCN(CCNCc1cc(Br)ccc1OC)C(=O)OC(C)(C)C. The van der Waals surface area contributed by atoms with Crippen LogP contribution in [0.4, 0.5) is 4.79 Å². The monoisotopic (exact) mass is 416 g/mol. The first-order valence-corrected chi connectivity index (χ1v) is 9.06. The summed E-state index contributed by atoms with van der Waals surface area (Å²) in [7, 11) is 3.27. The molecule has 142 valence electrons. The Labute approximate surface area is 158 Å². The lowest BCUT2D eigenvalue weighted by molar-refractivity contribution is 0.0204. The third-order valence-corrected chi connectivity index (χ3v) is 3.83. The first-order valence-electron chi connectivity index (χ1n) is 8.27. The first kappa shape index (κ1) is 21.7. The maximum absolute atomic E-state index is 12.3. The molecule has 0 bridgehead atoms. The van der Waals surface area contributed by atoms with E-state index in [1.807, 2.05) is 39.0 Å². The summed E-state index contributed by atoms with van der Waals surface area (Å²) < 4.78 is 16.9. The molecule has 0 aliphatic rings. The lowest BCUT2D eigenvalue weighted by atomic mass is 10.2. The topological polar surface area (TPSA) is 60.0 Å². The fourth-order valence-electron chi connectivity index (χ4n) is 2.14. The van der Waals surface area contributed by atoms with Crippen molar-refractivity contribution in [2.45, 2.75) is 32.9 Å². The van der Waals surface area contributed by atoms with Crippen LogP contribution in [0.5, 0.6) is 5.75 Å². The molecule has 0 saturated heterocycles. The summed E-state index contributed by atoms with van der Waals surface area (Å²) in [5, 5.41) is 3.34. The van der Waals surface area contributed by atoms with Crippen LogP contribution in [0.25, 0.3) is 0 Å². The zero-order valence-corrected chi connectivity index (χ0v) is 17.3. The fraction of sp³-hybridized carbons (Fsp3) is 0.611. The van der Waals surface area contributed by atoms with Crippen LogP contribution < -0.4 is 10.1 Å². The van der Waals surface area contributed by atoms with E-state index in [1.165, 1.54) is 0 Å². The van der Waals surface area contributed by atoms with E-state index in [1.54, 1.807) is 19.1 Å². The molecule has 1 aromatic rings. The highest BCUT2D eigenvalue weighted by molar-refractivity contribution is 9.10. The highest BCUT2D eigenvalue weighted by Crippen LogP contribution is 2.22. The number of halogens is 1. The van der Waals surface area contributed by atoms with Crippen molar-refractivity contribution < 1.29 is 19.0 Å². The molecule has 1 aromatic carbocycles. The molecule has 25 heavy (non-hydrogen) atoms. The zero-order valence-electron chi connectivity index (χ0n) is 15.7. The van der Waals surface area contributed by atoms with Gasteiger partial charge in [-0.2, -0.15) is 0 Å². The predicted molar refractivity (Wildman–Crippen MR) is 102 cm³/mol. The molecule has 0 aromatic heterocycles.